The van der Waals surface area contributed by atoms with Crippen LogP contribution in [0.2, 0.25) is 5.02 Å². The highest BCUT2D eigenvalue weighted by Gasteiger charge is 2.11. The Morgan fingerprint density at radius 1 is 1.07 bits per heavy atom. The summed E-state index contributed by atoms with van der Waals surface area (Å²) in [5, 5.41) is 10.8. The van der Waals surface area contributed by atoms with E-state index in [2.05, 4.69) is 15.7 Å². The number of hydrogen-bond acceptors (Lipinski definition) is 3. The predicted octanol–water partition coefficient (Wildman–Crippen LogP) is 4.29. The largest absolute Gasteiger partial charge is 0.352 e. The Kier molecular flexibility index (Phi) is 6.67. The van der Waals surface area contributed by atoms with Crippen molar-refractivity contribution in [3.05, 3.63) is 76.6 Å². The number of nitrogens with one attached hydrogen (secondary N) is 2. The van der Waals surface area contributed by atoms with Crippen molar-refractivity contribution in [3.63, 3.8) is 0 Å². The minimum Gasteiger partial charge on any atom is -0.352 e. The molecule has 0 saturated heterocycles. The number of rotatable bonds is 7. The summed E-state index contributed by atoms with van der Waals surface area (Å²) in [6.07, 6.45) is 0.833. The van der Waals surface area contributed by atoms with Crippen LogP contribution in [0.5, 0.6) is 0 Å². The van der Waals surface area contributed by atoms with E-state index in [1.807, 2.05) is 48.9 Å². The molecular formula is C22H23ClN4O2. The van der Waals surface area contributed by atoms with Crippen LogP contribution in [0, 0.1) is 13.8 Å². The van der Waals surface area contributed by atoms with E-state index in [9.17, 15) is 9.59 Å². The number of carbonyl (C=O) groups is 2. The van der Waals surface area contributed by atoms with Gasteiger partial charge in [-0.2, -0.15) is 5.10 Å². The zero-order chi connectivity index (χ0) is 20.8. The Hall–Kier alpha value is -3.12. The second-order valence-electron chi connectivity index (χ2n) is 6.77. The van der Waals surface area contributed by atoms with E-state index in [1.54, 1.807) is 24.3 Å². The molecule has 2 N–H and O–H groups in total. The summed E-state index contributed by atoms with van der Waals surface area (Å²) >= 11 is 5.82. The van der Waals surface area contributed by atoms with Gasteiger partial charge >= 0.3 is 0 Å². The van der Waals surface area contributed by atoms with Gasteiger partial charge in [-0.05, 0) is 62.7 Å². The van der Waals surface area contributed by atoms with Crippen molar-refractivity contribution >= 4 is 29.1 Å². The van der Waals surface area contributed by atoms with Crippen LogP contribution in [0.1, 0.15) is 34.6 Å². The first-order valence-electron chi connectivity index (χ1n) is 9.40. The first-order chi connectivity index (χ1) is 13.9. The molecule has 3 aromatic rings. The van der Waals surface area contributed by atoms with Gasteiger partial charge in [0.1, 0.15) is 0 Å². The van der Waals surface area contributed by atoms with Crippen LogP contribution in [0.15, 0.2) is 54.6 Å². The average molecular weight is 411 g/mol. The van der Waals surface area contributed by atoms with Gasteiger partial charge in [0, 0.05) is 29.2 Å². The zero-order valence-electron chi connectivity index (χ0n) is 16.4. The number of amides is 2. The summed E-state index contributed by atoms with van der Waals surface area (Å²) in [5.41, 5.74) is 3.98. The van der Waals surface area contributed by atoms with E-state index in [0.717, 1.165) is 17.1 Å². The van der Waals surface area contributed by atoms with Crippen LogP contribution < -0.4 is 10.6 Å². The van der Waals surface area contributed by atoms with E-state index >= 15 is 0 Å². The minimum absolute atomic E-state index is 0.111. The van der Waals surface area contributed by atoms with E-state index in [-0.39, 0.29) is 11.8 Å². The molecule has 0 fully saturated rings. The Morgan fingerprint density at radius 2 is 1.79 bits per heavy atom. The SMILES string of the molecule is Cc1cc(C)n(-c2ccccc2NC(=O)CCCNC(=O)c2ccc(Cl)cc2)n1. The smallest absolute Gasteiger partial charge is 0.251 e. The molecule has 150 valence electrons. The summed E-state index contributed by atoms with van der Waals surface area (Å²) in [7, 11) is 0. The van der Waals surface area contributed by atoms with Gasteiger partial charge in [-0.3, -0.25) is 9.59 Å². The molecular weight excluding hydrogens is 388 g/mol. The molecule has 0 unspecified atom stereocenters. The second-order valence-corrected chi connectivity index (χ2v) is 7.21. The Bertz CT molecular complexity index is 1010. The molecule has 0 bridgehead atoms. The summed E-state index contributed by atoms with van der Waals surface area (Å²) in [5.74, 6) is -0.295. The number of aromatic nitrogens is 2. The lowest BCUT2D eigenvalue weighted by Crippen LogP contribution is -2.25. The average Bonchev–Trinajstić information content (AvgIpc) is 3.04. The van der Waals surface area contributed by atoms with Crippen molar-refractivity contribution in [1.29, 1.82) is 0 Å². The molecule has 0 aliphatic rings. The fourth-order valence-corrected chi connectivity index (χ4v) is 3.13. The van der Waals surface area contributed by atoms with Crippen molar-refractivity contribution in [2.45, 2.75) is 26.7 Å². The maximum atomic E-state index is 12.4. The van der Waals surface area contributed by atoms with Gasteiger partial charge in [0.25, 0.3) is 5.91 Å². The van der Waals surface area contributed by atoms with Crippen LogP contribution in [0.3, 0.4) is 0 Å². The Balaban J connectivity index is 1.52. The molecule has 0 radical (unpaired) electrons. The van der Waals surface area contributed by atoms with Gasteiger partial charge < -0.3 is 10.6 Å². The number of anilines is 1. The summed E-state index contributed by atoms with van der Waals surface area (Å²) in [6.45, 7) is 4.32. The molecule has 0 atom stereocenters. The third-order valence-electron chi connectivity index (χ3n) is 4.39. The van der Waals surface area contributed by atoms with Crippen molar-refractivity contribution in [2.24, 2.45) is 0 Å². The first kappa shape index (κ1) is 20.6. The van der Waals surface area contributed by atoms with E-state index in [4.69, 9.17) is 11.6 Å². The molecule has 0 aliphatic carbocycles. The van der Waals surface area contributed by atoms with Crippen LogP contribution >= 0.6 is 11.6 Å². The summed E-state index contributed by atoms with van der Waals surface area (Å²) in [4.78, 5) is 24.4. The number of aryl methyl sites for hydroxylation is 2. The topological polar surface area (TPSA) is 76.0 Å². The van der Waals surface area contributed by atoms with Crippen LogP contribution in [-0.2, 0) is 4.79 Å². The molecule has 0 spiro atoms. The highest BCUT2D eigenvalue weighted by Crippen LogP contribution is 2.21. The van der Waals surface area contributed by atoms with Crippen LogP contribution in [0.4, 0.5) is 5.69 Å². The first-order valence-corrected chi connectivity index (χ1v) is 9.78. The highest BCUT2D eigenvalue weighted by atomic mass is 35.5. The maximum absolute atomic E-state index is 12.4. The predicted molar refractivity (Wildman–Crippen MR) is 115 cm³/mol. The van der Waals surface area contributed by atoms with E-state index in [1.165, 1.54) is 0 Å². The van der Waals surface area contributed by atoms with Gasteiger partial charge in [-0.1, -0.05) is 23.7 Å². The monoisotopic (exact) mass is 410 g/mol. The van der Waals surface area contributed by atoms with Gasteiger partial charge in [-0.15, -0.1) is 0 Å². The van der Waals surface area contributed by atoms with E-state index in [0.29, 0.717) is 35.7 Å². The third kappa shape index (κ3) is 5.45. The molecule has 3 rings (SSSR count). The molecule has 1 aromatic heterocycles. The van der Waals surface area contributed by atoms with Crippen molar-refractivity contribution in [3.8, 4) is 5.69 Å². The third-order valence-corrected chi connectivity index (χ3v) is 4.64. The van der Waals surface area contributed by atoms with Crippen LogP contribution in [0.25, 0.3) is 5.69 Å². The number of nitrogens with zero attached hydrogens (tertiary/aromatic N) is 2. The molecule has 2 aromatic carbocycles. The molecule has 7 heteroatoms. The van der Waals surface area contributed by atoms with Crippen molar-refractivity contribution < 1.29 is 9.59 Å². The number of halogens is 1. The fourth-order valence-electron chi connectivity index (χ4n) is 3.00. The number of carbonyl (C=O) groups excluding carboxylic acids is 2. The van der Waals surface area contributed by atoms with Gasteiger partial charge in [0.2, 0.25) is 5.91 Å². The summed E-state index contributed by atoms with van der Waals surface area (Å²) in [6, 6.07) is 16.2. The number of hydrogen-bond donors (Lipinski definition) is 2. The number of benzene rings is 2. The fraction of sp³-hybridized carbons (Fsp3) is 0.227. The maximum Gasteiger partial charge on any atom is 0.251 e. The van der Waals surface area contributed by atoms with E-state index < -0.39 is 0 Å². The lowest BCUT2D eigenvalue weighted by molar-refractivity contribution is -0.116. The van der Waals surface area contributed by atoms with Gasteiger partial charge in [0.05, 0.1) is 17.1 Å². The molecule has 0 saturated carbocycles. The lowest BCUT2D eigenvalue weighted by Gasteiger charge is -2.12. The standard InChI is InChI=1S/C22H23ClN4O2/c1-15-14-16(2)27(26-15)20-7-4-3-6-19(20)25-21(28)8-5-13-24-22(29)17-9-11-18(23)12-10-17/h3-4,6-7,9-12,14H,5,8,13H2,1-2H3,(H,24,29)(H,25,28). The number of para-hydroxylation sites is 2. The highest BCUT2D eigenvalue weighted by molar-refractivity contribution is 6.30. The quantitative estimate of drug-likeness (QED) is 0.570. The van der Waals surface area contributed by atoms with Crippen molar-refractivity contribution in [1.82, 2.24) is 15.1 Å². The zero-order valence-corrected chi connectivity index (χ0v) is 17.2. The molecule has 6 nitrogen and oxygen atoms in total. The summed E-state index contributed by atoms with van der Waals surface area (Å²) < 4.78 is 1.82. The molecule has 0 aliphatic heterocycles. The lowest BCUT2D eigenvalue weighted by atomic mass is 10.2. The van der Waals surface area contributed by atoms with Gasteiger partial charge in [0.15, 0.2) is 0 Å². The Labute approximate surface area is 174 Å². The molecule has 29 heavy (non-hydrogen) atoms. The molecule has 2 amide bonds. The Morgan fingerprint density at radius 3 is 2.48 bits per heavy atom. The van der Waals surface area contributed by atoms with Crippen LogP contribution in [-0.4, -0.2) is 28.1 Å². The van der Waals surface area contributed by atoms with Crippen molar-refractivity contribution in [2.75, 3.05) is 11.9 Å². The molecule has 1 heterocycles. The van der Waals surface area contributed by atoms with Gasteiger partial charge in [-0.25, -0.2) is 4.68 Å². The second kappa shape index (κ2) is 9.39. The normalized spacial score (nSPS) is 10.6. The minimum atomic E-state index is -0.183.